The summed E-state index contributed by atoms with van der Waals surface area (Å²) in [4.78, 5) is 15.4. The first-order chi connectivity index (χ1) is 9.02. The number of carboxylic acid groups (broad SMARTS) is 1. The van der Waals surface area contributed by atoms with E-state index in [1.54, 1.807) is 31.2 Å². The molecule has 0 aliphatic heterocycles. The van der Waals surface area contributed by atoms with E-state index in [0.29, 0.717) is 22.0 Å². The summed E-state index contributed by atoms with van der Waals surface area (Å²) in [5.74, 6) is -1.15. The van der Waals surface area contributed by atoms with Crippen LogP contribution in [0.3, 0.4) is 0 Å². The molecule has 0 bridgehead atoms. The highest BCUT2D eigenvalue weighted by atomic mass is 35.5. The maximum Gasteiger partial charge on any atom is 0.337 e. The molecule has 2 aromatic rings. The van der Waals surface area contributed by atoms with Gasteiger partial charge in [0.25, 0.3) is 0 Å². The normalized spacial score (nSPS) is 9.95. The molecule has 0 atom stereocenters. The van der Waals surface area contributed by atoms with E-state index < -0.39 is 5.97 Å². The molecule has 0 saturated heterocycles. The number of aromatic carboxylic acids is 1. The van der Waals surface area contributed by atoms with Gasteiger partial charge in [-0.05, 0) is 25.1 Å². The van der Waals surface area contributed by atoms with Gasteiger partial charge in [-0.1, -0.05) is 23.7 Å². The summed E-state index contributed by atoms with van der Waals surface area (Å²) in [6.45, 7) is 1.61. The number of aryl methyl sites for hydroxylation is 1. The van der Waals surface area contributed by atoms with Crippen LogP contribution in [0.1, 0.15) is 21.6 Å². The SMILES string of the molecule is Cc1nc(-c2cccc(Cl)c2)cc(C(=O)O)c1C#N. The lowest BCUT2D eigenvalue weighted by Crippen LogP contribution is -2.05. The molecule has 0 unspecified atom stereocenters. The van der Waals surface area contributed by atoms with Crippen molar-refractivity contribution in [3.63, 3.8) is 0 Å². The monoisotopic (exact) mass is 272 g/mol. The van der Waals surface area contributed by atoms with Gasteiger partial charge >= 0.3 is 5.97 Å². The quantitative estimate of drug-likeness (QED) is 0.910. The largest absolute Gasteiger partial charge is 0.478 e. The number of carbonyl (C=O) groups is 1. The molecule has 1 heterocycles. The van der Waals surface area contributed by atoms with Gasteiger partial charge in [0, 0.05) is 10.6 Å². The molecule has 1 aromatic carbocycles. The van der Waals surface area contributed by atoms with Gasteiger partial charge in [0.05, 0.1) is 22.5 Å². The second-order valence-corrected chi connectivity index (χ2v) is 4.38. The average Bonchev–Trinajstić information content (AvgIpc) is 2.37. The van der Waals surface area contributed by atoms with Crippen LogP contribution in [0.2, 0.25) is 5.02 Å². The maximum atomic E-state index is 11.2. The van der Waals surface area contributed by atoms with Crippen molar-refractivity contribution in [3.05, 3.63) is 52.2 Å². The molecule has 0 fully saturated rings. The van der Waals surface area contributed by atoms with E-state index >= 15 is 0 Å². The van der Waals surface area contributed by atoms with E-state index in [0.717, 1.165) is 0 Å². The minimum atomic E-state index is -1.15. The van der Waals surface area contributed by atoms with E-state index in [2.05, 4.69) is 4.98 Å². The van der Waals surface area contributed by atoms with E-state index in [4.69, 9.17) is 22.0 Å². The topological polar surface area (TPSA) is 74.0 Å². The van der Waals surface area contributed by atoms with Crippen molar-refractivity contribution in [2.75, 3.05) is 0 Å². The highest BCUT2D eigenvalue weighted by Crippen LogP contribution is 2.24. The molecular weight excluding hydrogens is 264 g/mol. The zero-order chi connectivity index (χ0) is 14.0. The molecule has 1 N–H and O–H groups in total. The highest BCUT2D eigenvalue weighted by Gasteiger charge is 2.16. The number of nitriles is 1. The Morgan fingerprint density at radius 1 is 1.42 bits per heavy atom. The van der Waals surface area contributed by atoms with Crippen molar-refractivity contribution < 1.29 is 9.90 Å². The van der Waals surface area contributed by atoms with Crippen LogP contribution in [-0.2, 0) is 0 Å². The van der Waals surface area contributed by atoms with Crippen molar-refractivity contribution in [1.29, 1.82) is 5.26 Å². The molecule has 0 spiro atoms. The molecule has 1 aromatic heterocycles. The van der Waals surface area contributed by atoms with Crippen LogP contribution in [-0.4, -0.2) is 16.1 Å². The molecule has 94 valence electrons. The Bertz CT molecular complexity index is 705. The van der Waals surface area contributed by atoms with Crippen molar-refractivity contribution in [2.45, 2.75) is 6.92 Å². The maximum absolute atomic E-state index is 11.2. The van der Waals surface area contributed by atoms with Crippen LogP contribution in [0.15, 0.2) is 30.3 Å². The number of pyridine rings is 1. The molecule has 0 saturated carbocycles. The van der Waals surface area contributed by atoms with Crippen molar-refractivity contribution >= 4 is 17.6 Å². The molecule has 5 heteroatoms. The molecule has 2 rings (SSSR count). The number of carboxylic acids is 1. The summed E-state index contributed by atoms with van der Waals surface area (Å²) in [7, 11) is 0. The van der Waals surface area contributed by atoms with Crippen LogP contribution in [0.4, 0.5) is 0 Å². The third-order valence-electron chi connectivity index (χ3n) is 2.66. The summed E-state index contributed by atoms with van der Waals surface area (Å²) >= 11 is 5.90. The summed E-state index contributed by atoms with van der Waals surface area (Å²) < 4.78 is 0. The predicted molar refractivity (Wildman–Crippen MR) is 71.1 cm³/mol. The first-order valence-corrected chi connectivity index (χ1v) is 5.81. The molecule has 0 aliphatic carbocycles. The van der Waals surface area contributed by atoms with E-state index in [1.165, 1.54) is 6.07 Å². The summed E-state index contributed by atoms with van der Waals surface area (Å²) in [5.41, 5.74) is 1.61. The highest BCUT2D eigenvalue weighted by molar-refractivity contribution is 6.30. The average molecular weight is 273 g/mol. The van der Waals surface area contributed by atoms with Crippen molar-refractivity contribution in [2.24, 2.45) is 0 Å². The van der Waals surface area contributed by atoms with Crippen molar-refractivity contribution in [1.82, 2.24) is 4.98 Å². The van der Waals surface area contributed by atoms with E-state index in [-0.39, 0.29) is 11.1 Å². The zero-order valence-electron chi connectivity index (χ0n) is 10.0. The second kappa shape index (κ2) is 5.09. The third kappa shape index (κ3) is 2.56. The second-order valence-electron chi connectivity index (χ2n) is 3.94. The Labute approximate surface area is 114 Å². The van der Waals surface area contributed by atoms with Crippen LogP contribution >= 0.6 is 11.6 Å². The molecule has 19 heavy (non-hydrogen) atoms. The third-order valence-corrected chi connectivity index (χ3v) is 2.90. The molecule has 0 radical (unpaired) electrons. The summed E-state index contributed by atoms with van der Waals surface area (Å²) in [6, 6.07) is 10.2. The van der Waals surface area contributed by atoms with Gasteiger partial charge in [-0.3, -0.25) is 4.98 Å². The van der Waals surface area contributed by atoms with Gasteiger partial charge in [-0.25, -0.2) is 4.79 Å². The van der Waals surface area contributed by atoms with Crippen LogP contribution in [0.5, 0.6) is 0 Å². The fourth-order valence-corrected chi connectivity index (χ4v) is 1.97. The zero-order valence-corrected chi connectivity index (χ0v) is 10.8. The number of benzene rings is 1. The number of halogens is 1. The smallest absolute Gasteiger partial charge is 0.337 e. The van der Waals surface area contributed by atoms with Gasteiger partial charge in [-0.15, -0.1) is 0 Å². The van der Waals surface area contributed by atoms with Gasteiger partial charge < -0.3 is 5.11 Å². The van der Waals surface area contributed by atoms with Gasteiger partial charge in [0.15, 0.2) is 0 Å². The Hall–Kier alpha value is -2.38. The summed E-state index contributed by atoms with van der Waals surface area (Å²) in [6.07, 6.45) is 0. The minimum Gasteiger partial charge on any atom is -0.478 e. The van der Waals surface area contributed by atoms with Crippen molar-refractivity contribution in [3.8, 4) is 17.3 Å². The number of hydrogen-bond acceptors (Lipinski definition) is 3. The van der Waals surface area contributed by atoms with Crippen LogP contribution < -0.4 is 0 Å². The summed E-state index contributed by atoms with van der Waals surface area (Å²) in [5, 5.41) is 18.7. The Kier molecular flexibility index (Phi) is 3.50. The molecule has 0 aliphatic rings. The lowest BCUT2D eigenvalue weighted by molar-refractivity contribution is 0.0696. The first kappa shape index (κ1) is 13.1. The Morgan fingerprint density at radius 2 is 2.16 bits per heavy atom. The standard InChI is InChI=1S/C14H9ClN2O2/c1-8-12(7-16)11(14(18)19)6-13(17-8)9-3-2-4-10(15)5-9/h2-6H,1H3,(H,18,19). The fraction of sp³-hybridized carbons (Fsp3) is 0.0714. The number of rotatable bonds is 2. The van der Waals surface area contributed by atoms with Crippen LogP contribution in [0, 0.1) is 18.3 Å². The van der Waals surface area contributed by atoms with E-state index in [9.17, 15) is 4.79 Å². The molecule has 4 nitrogen and oxygen atoms in total. The Morgan fingerprint density at radius 3 is 2.74 bits per heavy atom. The fourth-order valence-electron chi connectivity index (χ4n) is 1.78. The predicted octanol–water partition coefficient (Wildman–Crippen LogP) is 3.28. The lowest BCUT2D eigenvalue weighted by atomic mass is 10.0. The lowest BCUT2D eigenvalue weighted by Gasteiger charge is -2.07. The van der Waals surface area contributed by atoms with Gasteiger partial charge in [0.2, 0.25) is 0 Å². The number of nitrogens with zero attached hydrogens (tertiary/aromatic N) is 2. The Balaban J connectivity index is 2.67. The number of aromatic nitrogens is 1. The van der Waals surface area contributed by atoms with E-state index in [1.807, 2.05) is 6.07 Å². The van der Waals surface area contributed by atoms with Crippen LogP contribution in [0.25, 0.3) is 11.3 Å². The first-order valence-electron chi connectivity index (χ1n) is 5.44. The minimum absolute atomic E-state index is 0.0509. The van der Waals surface area contributed by atoms with Gasteiger partial charge in [-0.2, -0.15) is 5.26 Å². The molecular formula is C14H9ClN2O2. The number of hydrogen-bond donors (Lipinski definition) is 1. The molecule has 0 amide bonds. The van der Waals surface area contributed by atoms with Gasteiger partial charge in [0.1, 0.15) is 6.07 Å².